The summed E-state index contributed by atoms with van der Waals surface area (Å²) >= 11 is 0. The van der Waals surface area contributed by atoms with E-state index in [9.17, 15) is 0 Å². The molecule has 0 aliphatic heterocycles. The normalized spacial score (nSPS) is 12.3. The molecular weight excluding hydrogens is 196 g/mol. The Morgan fingerprint density at radius 1 is 1.47 bits per heavy atom. The van der Waals surface area contributed by atoms with E-state index in [4.69, 9.17) is 10.9 Å². The fraction of sp³-hybridized carbons (Fsp3) is 0.250. The van der Waals surface area contributed by atoms with Gasteiger partial charge in [-0.25, -0.2) is 0 Å². The summed E-state index contributed by atoms with van der Waals surface area (Å²) in [6.07, 6.45) is 0. The average molecular weight is 206 g/mol. The van der Waals surface area contributed by atoms with Crippen molar-refractivity contribution in [3.8, 4) is 0 Å². The summed E-state index contributed by atoms with van der Waals surface area (Å²) < 4.78 is 1.44. The summed E-state index contributed by atoms with van der Waals surface area (Å²) in [7, 11) is 0. The zero-order valence-corrected chi connectivity index (χ0v) is 8.34. The Balaban J connectivity index is 2.75. The van der Waals surface area contributed by atoms with Crippen LogP contribution in [0, 0.1) is 13.8 Å². The quantitative estimate of drug-likeness (QED) is 0.292. The topological polar surface area (TPSA) is 102 Å². The first-order valence-corrected chi connectivity index (χ1v) is 4.31. The zero-order chi connectivity index (χ0) is 11.0. The smallest absolute Gasteiger partial charge is 0.223 e. The largest absolute Gasteiger partial charge is 0.409 e. The number of fused-ring (bicyclic) bond motifs is 1. The third-order valence-electron chi connectivity index (χ3n) is 2.17. The molecule has 7 nitrogen and oxygen atoms in total. The van der Waals surface area contributed by atoms with Crippen LogP contribution in [0.25, 0.3) is 5.65 Å². The van der Waals surface area contributed by atoms with Gasteiger partial charge in [-0.2, -0.15) is 9.61 Å². The van der Waals surface area contributed by atoms with Gasteiger partial charge in [-0.15, -0.1) is 10.2 Å². The summed E-state index contributed by atoms with van der Waals surface area (Å²) in [4.78, 5) is 0. The standard InChI is InChI=1S/C8H10N6O/c1-4-3-6-10-11-8(7(9)13-15)14(6)12-5(4)2/h3,15H,1-2H3,(H2,9,13). The molecule has 0 unspecified atom stereocenters. The van der Waals surface area contributed by atoms with Crippen molar-refractivity contribution in [2.45, 2.75) is 13.8 Å². The highest BCUT2D eigenvalue weighted by atomic mass is 16.4. The molecule has 15 heavy (non-hydrogen) atoms. The number of nitrogens with two attached hydrogens (primary N) is 1. The minimum absolute atomic E-state index is 0.113. The Bertz CT molecular complexity index is 543. The van der Waals surface area contributed by atoms with Crippen LogP contribution in [0.2, 0.25) is 0 Å². The first-order valence-electron chi connectivity index (χ1n) is 4.31. The molecule has 3 N–H and O–H groups in total. The predicted octanol–water partition coefficient (Wildman–Crippen LogP) is -0.164. The number of amidine groups is 1. The Labute approximate surface area is 85.2 Å². The molecule has 7 heteroatoms. The van der Waals surface area contributed by atoms with Crippen LogP contribution in [-0.2, 0) is 0 Å². The van der Waals surface area contributed by atoms with E-state index in [-0.39, 0.29) is 11.7 Å². The van der Waals surface area contributed by atoms with Crippen molar-refractivity contribution in [3.05, 3.63) is 23.1 Å². The third kappa shape index (κ3) is 1.37. The van der Waals surface area contributed by atoms with Crippen molar-refractivity contribution in [2.75, 3.05) is 0 Å². The van der Waals surface area contributed by atoms with Crippen molar-refractivity contribution in [3.63, 3.8) is 0 Å². The summed E-state index contributed by atoms with van der Waals surface area (Å²) in [5, 5.41) is 23.3. The van der Waals surface area contributed by atoms with Crippen LogP contribution < -0.4 is 5.73 Å². The zero-order valence-electron chi connectivity index (χ0n) is 8.34. The summed E-state index contributed by atoms with van der Waals surface area (Å²) in [5.41, 5.74) is 7.86. The van der Waals surface area contributed by atoms with Gasteiger partial charge in [-0.05, 0) is 25.5 Å². The van der Waals surface area contributed by atoms with Crippen molar-refractivity contribution in [2.24, 2.45) is 10.9 Å². The van der Waals surface area contributed by atoms with Gasteiger partial charge in [-0.1, -0.05) is 5.16 Å². The molecule has 0 radical (unpaired) electrons. The minimum atomic E-state index is -0.113. The first-order chi connectivity index (χ1) is 7.13. The molecule has 78 valence electrons. The number of rotatable bonds is 1. The van der Waals surface area contributed by atoms with Crippen LogP contribution in [0.3, 0.4) is 0 Å². The molecular formula is C8H10N6O. The van der Waals surface area contributed by atoms with Gasteiger partial charge in [0.25, 0.3) is 0 Å². The molecule has 0 saturated heterocycles. The molecule has 0 spiro atoms. The molecule has 0 aliphatic carbocycles. The van der Waals surface area contributed by atoms with Gasteiger partial charge < -0.3 is 10.9 Å². The highest BCUT2D eigenvalue weighted by Crippen LogP contribution is 2.07. The van der Waals surface area contributed by atoms with Gasteiger partial charge >= 0.3 is 0 Å². The predicted molar refractivity (Wildman–Crippen MR) is 52.8 cm³/mol. The molecule has 2 rings (SSSR count). The molecule has 2 aromatic rings. The van der Waals surface area contributed by atoms with Crippen molar-refractivity contribution < 1.29 is 5.21 Å². The highest BCUT2D eigenvalue weighted by molar-refractivity contribution is 5.94. The van der Waals surface area contributed by atoms with E-state index < -0.39 is 0 Å². The van der Waals surface area contributed by atoms with Crippen molar-refractivity contribution in [1.29, 1.82) is 0 Å². The second-order valence-electron chi connectivity index (χ2n) is 3.19. The maximum absolute atomic E-state index is 8.54. The Morgan fingerprint density at radius 2 is 2.20 bits per heavy atom. The number of hydrogen-bond acceptors (Lipinski definition) is 5. The van der Waals surface area contributed by atoms with E-state index >= 15 is 0 Å². The number of aromatic nitrogens is 4. The second-order valence-corrected chi connectivity index (χ2v) is 3.19. The summed E-state index contributed by atoms with van der Waals surface area (Å²) in [6, 6.07) is 1.84. The Kier molecular flexibility index (Phi) is 2.00. The average Bonchev–Trinajstić information content (AvgIpc) is 2.61. The third-order valence-corrected chi connectivity index (χ3v) is 2.17. The lowest BCUT2D eigenvalue weighted by molar-refractivity contribution is 0.318. The van der Waals surface area contributed by atoms with Crippen LogP contribution in [0.4, 0.5) is 0 Å². The fourth-order valence-electron chi connectivity index (χ4n) is 1.21. The first kappa shape index (κ1) is 9.38. The molecule has 2 aromatic heterocycles. The molecule has 0 fully saturated rings. The summed E-state index contributed by atoms with van der Waals surface area (Å²) in [6.45, 7) is 3.80. The van der Waals surface area contributed by atoms with Crippen LogP contribution >= 0.6 is 0 Å². The highest BCUT2D eigenvalue weighted by Gasteiger charge is 2.11. The van der Waals surface area contributed by atoms with Gasteiger partial charge in [-0.3, -0.25) is 0 Å². The lowest BCUT2D eigenvalue weighted by atomic mass is 10.2. The Morgan fingerprint density at radius 3 is 2.87 bits per heavy atom. The van der Waals surface area contributed by atoms with E-state index in [0.29, 0.717) is 5.65 Å². The van der Waals surface area contributed by atoms with Gasteiger partial charge in [0.1, 0.15) is 0 Å². The van der Waals surface area contributed by atoms with E-state index in [1.807, 2.05) is 19.9 Å². The molecule has 0 saturated carbocycles. The monoisotopic (exact) mass is 206 g/mol. The van der Waals surface area contributed by atoms with Gasteiger partial charge in [0.05, 0.1) is 5.69 Å². The fourth-order valence-corrected chi connectivity index (χ4v) is 1.21. The Hall–Kier alpha value is -2.18. The minimum Gasteiger partial charge on any atom is -0.409 e. The van der Waals surface area contributed by atoms with E-state index in [1.165, 1.54) is 4.52 Å². The number of nitrogens with zero attached hydrogens (tertiary/aromatic N) is 5. The van der Waals surface area contributed by atoms with E-state index in [2.05, 4.69) is 20.5 Å². The maximum atomic E-state index is 8.54. The summed E-state index contributed by atoms with van der Waals surface area (Å²) in [5.74, 6) is 0.119. The van der Waals surface area contributed by atoms with Crippen LogP contribution in [0.1, 0.15) is 17.1 Å². The van der Waals surface area contributed by atoms with Gasteiger partial charge in [0.2, 0.25) is 11.7 Å². The van der Waals surface area contributed by atoms with Crippen molar-refractivity contribution in [1.82, 2.24) is 19.8 Å². The van der Waals surface area contributed by atoms with E-state index in [1.54, 1.807) is 0 Å². The van der Waals surface area contributed by atoms with Crippen molar-refractivity contribution >= 4 is 11.5 Å². The SMILES string of the molecule is Cc1cc2nnc(/C(N)=N/O)n2nc1C. The number of aryl methyl sites for hydroxylation is 2. The molecule has 0 aliphatic rings. The maximum Gasteiger partial charge on any atom is 0.223 e. The number of oxime groups is 1. The molecule has 0 atom stereocenters. The molecule has 0 aromatic carbocycles. The van der Waals surface area contributed by atoms with Crippen LogP contribution in [-0.4, -0.2) is 30.9 Å². The molecule has 0 amide bonds. The van der Waals surface area contributed by atoms with Crippen LogP contribution in [0.5, 0.6) is 0 Å². The molecule has 0 bridgehead atoms. The lowest BCUT2D eigenvalue weighted by Crippen LogP contribution is -2.18. The lowest BCUT2D eigenvalue weighted by Gasteiger charge is -2.00. The van der Waals surface area contributed by atoms with Gasteiger partial charge in [0.15, 0.2) is 5.65 Å². The number of hydrogen-bond donors (Lipinski definition) is 2. The van der Waals surface area contributed by atoms with Gasteiger partial charge in [0, 0.05) is 0 Å². The van der Waals surface area contributed by atoms with E-state index in [0.717, 1.165) is 11.3 Å². The second kappa shape index (κ2) is 3.19. The van der Waals surface area contributed by atoms with Crippen LogP contribution in [0.15, 0.2) is 11.2 Å². The molecule has 2 heterocycles.